The number of carbonyl (C=O) groups is 1. The van der Waals surface area contributed by atoms with E-state index < -0.39 is 0 Å². The lowest BCUT2D eigenvalue weighted by atomic mass is 9.48. The highest BCUT2D eigenvalue weighted by molar-refractivity contribution is 5.73. The smallest absolute Gasteiger partial charge is 0.309 e. The average molecular weight is 314 g/mol. The molecule has 0 aromatic heterocycles. The Labute approximate surface area is 140 Å². The van der Waals surface area contributed by atoms with Crippen LogP contribution in [0.25, 0.3) is 0 Å². The molecule has 0 aromatic carbocycles. The number of hydrogen-bond acceptors (Lipinski definition) is 2. The van der Waals surface area contributed by atoms with Crippen LogP contribution in [0.1, 0.15) is 58.8 Å². The minimum Gasteiger partial charge on any atom is -0.469 e. The van der Waals surface area contributed by atoms with Gasteiger partial charge in [0.05, 0.1) is 13.0 Å². The third-order valence-corrected chi connectivity index (χ3v) is 8.10. The average Bonchev–Trinajstić information content (AvgIpc) is 2.91. The number of hydrogen-bond donors (Lipinski definition) is 0. The summed E-state index contributed by atoms with van der Waals surface area (Å²) in [5.74, 6) is 2.43. The lowest BCUT2D eigenvalue weighted by molar-refractivity contribution is -0.152. The third kappa shape index (κ3) is 2.03. The first-order valence-electron chi connectivity index (χ1n) is 9.46. The fourth-order valence-corrected chi connectivity index (χ4v) is 6.87. The molecule has 23 heavy (non-hydrogen) atoms. The normalized spacial score (nSPS) is 48.0. The molecule has 2 nitrogen and oxygen atoms in total. The van der Waals surface area contributed by atoms with Crippen molar-refractivity contribution in [1.29, 1.82) is 0 Å². The van der Waals surface area contributed by atoms with Crippen LogP contribution in [-0.2, 0) is 9.53 Å². The van der Waals surface area contributed by atoms with Gasteiger partial charge in [0.2, 0.25) is 0 Å². The molecule has 2 heteroatoms. The van der Waals surface area contributed by atoms with Crippen LogP contribution in [-0.4, -0.2) is 13.1 Å². The molecular weight excluding hydrogens is 284 g/mol. The van der Waals surface area contributed by atoms with Crippen molar-refractivity contribution >= 4 is 5.97 Å². The molecule has 0 radical (unpaired) electrons. The zero-order valence-corrected chi connectivity index (χ0v) is 14.8. The first-order valence-corrected chi connectivity index (χ1v) is 9.46. The maximum atomic E-state index is 12.3. The summed E-state index contributed by atoms with van der Waals surface area (Å²) >= 11 is 0. The van der Waals surface area contributed by atoms with E-state index in [1.165, 1.54) is 32.1 Å². The molecule has 0 heterocycles. The third-order valence-electron chi connectivity index (χ3n) is 8.10. The predicted octanol–water partition coefficient (Wildman–Crippen LogP) is 4.90. The van der Waals surface area contributed by atoms with Crippen LogP contribution >= 0.6 is 0 Å². The molecule has 126 valence electrons. The summed E-state index contributed by atoms with van der Waals surface area (Å²) in [5.41, 5.74) is 2.14. The number of esters is 1. The second-order valence-corrected chi connectivity index (χ2v) is 8.76. The number of fused-ring (bicyclic) bond motifs is 5. The molecule has 4 aliphatic rings. The van der Waals surface area contributed by atoms with E-state index in [0.717, 1.165) is 24.7 Å². The van der Waals surface area contributed by atoms with E-state index in [-0.39, 0.29) is 22.7 Å². The van der Waals surface area contributed by atoms with Gasteiger partial charge in [0.15, 0.2) is 0 Å². The summed E-state index contributed by atoms with van der Waals surface area (Å²) < 4.78 is 5.13. The largest absolute Gasteiger partial charge is 0.469 e. The molecule has 0 aromatic rings. The highest BCUT2D eigenvalue weighted by atomic mass is 16.5. The summed E-state index contributed by atoms with van der Waals surface area (Å²) in [4.78, 5) is 12.3. The minimum atomic E-state index is 0.0358. The Kier molecular flexibility index (Phi) is 3.52. The van der Waals surface area contributed by atoms with Crippen LogP contribution in [0.5, 0.6) is 0 Å². The van der Waals surface area contributed by atoms with Gasteiger partial charge < -0.3 is 4.74 Å². The number of carbonyl (C=O) groups excluding carboxylic acids is 1. The highest BCUT2D eigenvalue weighted by Crippen LogP contribution is 2.66. The molecule has 4 aliphatic carbocycles. The fourth-order valence-electron chi connectivity index (χ4n) is 6.87. The van der Waals surface area contributed by atoms with Crippen molar-refractivity contribution in [3.8, 4) is 0 Å². The molecule has 0 aliphatic heterocycles. The molecule has 0 bridgehead atoms. The Morgan fingerprint density at radius 3 is 2.78 bits per heavy atom. The first kappa shape index (κ1) is 15.5. The van der Waals surface area contributed by atoms with Gasteiger partial charge in [0, 0.05) is 5.41 Å². The maximum absolute atomic E-state index is 12.3. The van der Waals surface area contributed by atoms with Crippen LogP contribution in [0.2, 0.25) is 0 Å². The zero-order chi connectivity index (χ0) is 16.2. The molecule has 1 unspecified atom stereocenters. The molecule has 4 rings (SSSR count). The second-order valence-electron chi connectivity index (χ2n) is 8.76. The molecule has 6 atom stereocenters. The van der Waals surface area contributed by atoms with Crippen molar-refractivity contribution in [3.63, 3.8) is 0 Å². The van der Waals surface area contributed by atoms with E-state index in [4.69, 9.17) is 4.74 Å². The van der Waals surface area contributed by atoms with Crippen molar-refractivity contribution in [1.82, 2.24) is 0 Å². The molecule has 3 saturated carbocycles. The number of allylic oxidation sites excluding steroid dienone is 4. The fraction of sp³-hybridized carbons (Fsp3) is 0.762. The van der Waals surface area contributed by atoms with E-state index in [1.807, 2.05) is 0 Å². The topological polar surface area (TPSA) is 26.3 Å². The van der Waals surface area contributed by atoms with Crippen LogP contribution in [0, 0.1) is 34.5 Å². The molecule has 3 fully saturated rings. The molecule has 0 N–H and O–H groups in total. The van der Waals surface area contributed by atoms with Gasteiger partial charge >= 0.3 is 5.97 Å². The van der Waals surface area contributed by atoms with E-state index in [1.54, 1.807) is 12.7 Å². The van der Waals surface area contributed by atoms with Gasteiger partial charge in [-0.25, -0.2) is 0 Å². The van der Waals surface area contributed by atoms with Crippen molar-refractivity contribution in [2.24, 2.45) is 34.5 Å². The Bertz CT molecular complexity index is 574. The monoisotopic (exact) mass is 314 g/mol. The van der Waals surface area contributed by atoms with E-state index in [2.05, 4.69) is 32.1 Å². The van der Waals surface area contributed by atoms with Gasteiger partial charge in [0.1, 0.15) is 0 Å². The number of rotatable bonds is 1. The quantitative estimate of drug-likeness (QED) is 0.508. The van der Waals surface area contributed by atoms with E-state index in [9.17, 15) is 4.79 Å². The maximum Gasteiger partial charge on any atom is 0.309 e. The Morgan fingerprint density at radius 2 is 2.00 bits per heavy atom. The molecule has 0 spiro atoms. The van der Waals surface area contributed by atoms with E-state index >= 15 is 0 Å². The summed E-state index contributed by atoms with van der Waals surface area (Å²) in [6, 6.07) is 0. The standard InChI is InChI=1S/C21H30O2/c1-20-12-5-4-6-14(20)7-8-15-16-9-10-18(19(22)23-3)21(16,2)13-11-17(15)20/h5-6,12,15-18H,4,7-11,13H2,1-3H3/t15-,16-,17-,18?,20-,21-/m0/s1. The lowest BCUT2D eigenvalue weighted by Crippen LogP contribution is -2.50. The van der Waals surface area contributed by atoms with Crippen molar-refractivity contribution in [2.45, 2.75) is 58.8 Å². The van der Waals surface area contributed by atoms with Gasteiger partial charge in [-0.2, -0.15) is 0 Å². The zero-order valence-electron chi connectivity index (χ0n) is 14.8. The van der Waals surface area contributed by atoms with E-state index in [0.29, 0.717) is 5.92 Å². The summed E-state index contributed by atoms with van der Waals surface area (Å²) in [6.07, 6.45) is 15.8. The predicted molar refractivity (Wildman–Crippen MR) is 91.7 cm³/mol. The van der Waals surface area contributed by atoms with Crippen molar-refractivity contribution in [3.05, 3.63) is 23.8 Å². The Morgan fingerprint density at radius 1 is 1.17 bits per heavy atom. The second kappa shape index (κ2) is 5.22. The van der Waals surface area contributed by atoms with Crippen molar-refractivity contribution in [2.75, 3.05) is 7.11 Å². The molecule has 0 amide bonds. The van der Waals surface area contributed by atoms with Gasteiger partial charge in [0.25, 0.3) is 0 Å². The van der Waals surface area contributed by atoms with Crippen LogP contribution in [0.15, 0.2) is 23.8 Å². The first-order chi connectivity index (χ1) is 11.0. The molecule has 0 saturated heterocycles. The van der Waals surface area contributed by atoms with Gasteiger partial charge in [-0.15, -0.1) is 0 Å². The number of methoxy groups -OCH3 is 1. The van der Waals surface area contributed by atoms with Crippen LogP contribution < -0.4 is 0 Å². The minimum absolute atomic E-state index is 0.0358. The summed E-state index contributed by atoms with van der Waals surface area (Å²) in [7, 11) is 1.55. The number of ether oxygens (including phenoxy) is 1. The highest BCUT2D eigenvalue weighted by Gasteiger charge is 2.59. The van der Waals surface area contributed by atoms with Gasteiger partial charge in [-0.3, -0.25) is 4.79 Å². The van der Waals surface area contributed by atoms with Crippen LogP contribution in [0.3, 0.4) is 0 Å². The van der Waals surface area contributed by atoms with Crippen LogP contribution in [0.4, 0.5) is 0 Å². The SMILES string of the molecule is COC(=O)C1CC[C@H]2[C@@H]3CCC4=CCC=C[C@]4(C)[C@H]3CC[C@]12C. The lowest BCUT2D eigenvalue weighted by Gasteiger charge is -2.56. The Hall–Kier alpha value is -1.05. The summed E-state index contributed by atoms with van der Waals surface area (Å²) in [6.45, 7) is 4.85. The Balaban J connectivity index is 1.65. The van der Waals surface area contributed by atoms with Gasteiger partial charge in [-0.05, 0) is 68.1 Å². The summed E-state index contributed by atoms with van der Waals surface area (Å²) in [5, 5.41) is 0. The van der Waals surface area contributed by atoms with Gasteiger partial charge in [-0.1, -0.05) is 37.6 Å². The molecular formula is C21H30O2. The van der Waals surface area contributed by atoms with Crippen molar-refractivity contribution < 1.29 is 9.53 Å².